The lowest BCUT2D eigenvalue weighted by atomic mass is 10.1. The average Bonchev–Trinajstić information content (AvgIpc) is 2.53. The molecule has 0 aromatic heterocycles. The van der Waals surface area contributed by atoms with Crippen LogP contribution in [-0.2, 0) is 6.54 Å². The topological polar surface area (TPSA) is 127 Å². The molecule has 0 fully saturated rings. The van der Waals surface area contributed by atoms with Crippen molar-refractivity contribution in [2.75, 3.05) is 5.32 Å². The lowest BCUT2D eigenvalue weighted by molar-refractivity contribution is -0.385. The molecule has 0 bridgehead atoms. The van der Waals surface area contributed by atoms with Gasteiger partial charge in [0.2, 0.25) is 0 Å². The highest BCUT2D eigenvalue weighted by molar-refractivity contribution is 5.94. The van der Waals surface area contributed by atoms with E-state index in [4.69, 9.17) is 5.73 Å². The first kappa shape index (κ1) is 16.9. The fourth-order valence-electron chi connectivity index (χ4n) is 2.13. The van der Waals surface area contributed by atoms with Crippen LogP contribution in [0.25, 0.3) is 0 Å². The van der Waals surface area contributed by atoms with Crippen molar-refractivity contribution in [3.8, 4) is 0 Å². The van der Waals surface area contributed by atoms with Gasteiger partial charge in [-0.1, -0.05) is 12.1 Å². The van der Waals surface area contributed by atoms with Gasteiger partial charge < -0.3 is 16.4 Å². The number of aryl methyl sites for hydroxylation is 1. The van der Waals surface area contributed by atoms with Crippen LogP contribution in [0.15, 0.2) is 42.5 Å². The van der Waals surface area contributed by atoms with Gasteiger partial charge in [0.25, 0.3) is 11.6 Å². The standard InChI is InChI=1S/C16H16N4O4/c1-10-8-12(4-7-14(10)20(23)24)15(21)18-9-11-2-5-13(6-3-11)19-16(17)22/h2-8H,9H2,1H3,(H,18,21)(H3,17,19,22). The summed E-state index contributed by atoms with van der Waals surface area (Å²) in [6.45, 7) is 1.87. The van der Waals surface area contributed by atoms with E-state index in [1.165, 1.54) is 18.2 Å². The van der Waals surface area contributed by atoms with E-state index < -0.39 is 11.0 Å². The maximum atomic E-state index is 12.1. The number of rotatable bonds is 5. The zero-order valence-corrected chi connectivity index (χ0v) is 12.9. The maximum Gasteiger partial charge on any atom is 0.316 e. The third kappa shape index (κ3) is 4.29. The third-order valence-corrected chi connectivity index (χ3v) is 3.33. The summed E-state index contributed by atoms with van der Waals surface area (Å²) in [6.07, 6.45) is 0. The zero-order valence-electron chi connectivity index (χ0n) is 12.9. The Kier molecular flexibility index (Phi) is 5.10. The van der Waals surface area contributed by atoms with Gasteiger partial charge in [0.1, 0.15) is 0 Å². The van der Waals surface area contributed by atoms with Crippen molar-refractivity contribution in [1.29, 1.82) is 0 Å². The minimum Gasteiger partial charge on any atom is -0.351 e. The number of hydrogen-bond donors (Lipinski definition) is 3. The van der Waals surface area contributed by atoms with Crippen LogP contribution in [0.3, 0.4) is 0 Å². The molecule has 0 aliphatic heterocycles. The number of nitrogens with one attached hydrogen (secondary N) is 2. The largest absolute Gasteiger partial charge is 0.351 e. The fourth-order valence-corrected chi connectivity index (χ4v) is 2.13. The summed E-state index contributed by atoms with van der Waals surface area (Å²) >= 11 is 0. The maximum absolute atomic E-state index is 12.1. The van der Waals surface area contributed by atoms with Gasteiger partial charge in [0, 0.05) is 29.4 Å². The van der Waals surface area contributed by atoms with Crippen LogP contribution in [0.4, 0.5) is 16.2 Å². The van der Waals surface area contributed by atoms with E-state index in [1.807, 2.05) is 0 Å². The molecule has 4 N–H and O–H groups in total. The Bertz CT molecular complexity index is 787. The fraction of sp³-hybridized carbons (Fsp3) is 0.125. The summed E-state index contributed by atoms with van der Waals surface area (Å²) < 4.78 is 0. The van der Waals surface area contributed by atoms with Crippen LogP contribution in [0.2, 0.25) is 0 Å². The highest BCUT2D eigenvalue weighted by Gasteiger charge is 2.13. The molecule has 24 heavy (non-hydrogen) atoms. The molecule has 124 valence electrons. The molecule has 2 aromatic carbocycles. The van der Waals surface area contributed by atoms with Crippen LogP contribution >= 0.6 is 0 Å². The second kappa shape index (κ2) is 7.23. The summed E-state index contributed by atoms with van der Waals surface area (Å²) in [5.41, 5.74) is 7.16. The molecule has 0 aliphatic rings. The highest BCUT2D eigenvalue weighted by Crippen LogP contribution is 2.18. The van der Waals surface area contributed by atoms with Crippen molar-refractivity contribution < 1.29 is 14.5 Å². The van der Waals surface area contributed by atoms with Gasteiger partial charge in [-0.25, -0.2) is 4.79 Å². The molecule has 0 spiro atoms. The molecule has 0 atom stereocenters. The Morgan fingerprint density at radius 1 is 1.17 bits per heavy atom. The molecule has 2 aromatic rings. The van der Waals surface area contributed by atoms with E-state index in [2.05, 4.69) is 10.6 Å². The highest BCUT2D eigenvalue weighted by atomic mass is 16.6. The van der Waals surface area contributed by atoms with Gasteiger partial charge >= 0.3 is 6.03 Å². The van der Waals surface area contributed by atoms with E-state index in [1.54, 1.807) is 31.2 Å². The van der Waals surface area contributed by atoms with E-state index >= 15 is 0 Å². The number of hydrogen-bond acceptors (Lipinski definition) is 4. The smallest absolute Gasteiger partial charge is 0.316 e. The van der Waals surface area contributed by atoms with Crippen molar-refractivity contribution in [3.63, 3.8) is 0 Å². The SMILES string of the molecule is Cc1cc(C(=O)NCc2ccc(NC(N)=O)cc2)ccc1[N+](=O)[O-]. The molecule has 0 aliphatic carbocycles. The second-order valence-electron chi connectivity index (χ2n) is 5.13. The van der Waals surface area contributed by atoms with Gasteiger partial charge in [0.15, 0.2) is 0 Å². The van der Waals surface area contributed by atoms with E-state index in [9.17, 15) is 19.7 Å². The Morgan fingerprint density at radius 3 is 2.38 bits per heavy atom. The van der Waals surface area contributed by atoms with Crippen LogP contribution in [-0.4, -0.2) is 16.9 Å². The predicted molar refractivity (Wildman–Crippen MR) is 88.7 cm³/mol. The monoisotopic (exact) mass is 328 g/mol. The number of primary amides is 1. The summed E-state index contributed by atoms with van der Waals surface area (Å²) in [7, 11) is 0. The number of nitro benzene ring substituents is 1. The van der Waals surface area contributed by atoms with Gasteiger partial charge in [-0.05, 0) is 36.8 Å². The summed E-state index contributed by atoms with van der Waals surface area (Å²) in [5, 5.41) is 15.9. The van der Waals surface area contributed by atoms with Gasteiger partial charge in [-0.2, -0.15) is 0 Å². The molecule has 3 amide bonds. The molecule has 2 rings (SSSR count). The molecule has 8 heteroatoms. The quantitative estimate of drug-likeness (QED) is 0.575. The van der Waals surface area contributed by atoms with Crippen molar-refractivity contribution in [3.05, 3.63) is 69.3 Å². The first-order valence-corrected chi connectivity index (χ1v) is 7.05. The number of nitro groups is 1. The summed E-state index contributed by atoms with van der Waals surface area (Å²) in [4.78, 5) is 33.1. The number of benzene rings is 2. The van der Waals surface area contributed by atoms with Crippen LogP contribution in [0.1, 0.15) is 21.5 Å². The molecular formula is C16H16N4O4. The minimum atomic E-state index is -0.649. The third-order valence-electron chi connectivity index (χ3n) is 3.33. The Balaban J connectivity index is 1.99. The molecule has 0 heterocycles. The Hall–Kier alpha value is -3.42. The van der Waals surface area contributed by atoms with Crippen molar-refractivity contribution in [1.82, 2.24) is 5.32 Å². The Labute approximate surface area is 137 Å². The number of carbonyl (C=O) groups excluding carboxylic acids is 2. The normalized spacial score (nSPS) is 10.0. The molecular weight excluding hydrogens is 312 g/mol. The van der Waals surface area contributed by atoms with E-state index in [0.717, 1.165) is 5.56 Å². The van der Waals surface area contributed by atoms with Crippen LogP contribution < -0.4 is 16.4 Å². The summed E-state index contributed by atoms with van der Waals surface area (Å²) in [5.74, 6) is -0.327. The molecule has 0 saturated carbocycles. The number of nitrogens with zero attached hydrogens (tertiary/aromatic N) is 1. The van der Waals surface area contributed by atoms with Gasteiger partial charge in [-0.3, -0.25) is 14.9 Å². The number of nitrogens with two attached hydrogens (primary N) is 1. The first-order chi connectivity index (χ1) is 11.4. The molecule has 0 unspecified atom stereocenters. The number of carbonyl (C=O) groups is 2. The van der Waals surface area contributed by atoms with Crippen molar-refractivity contribution in [2.45, 2.75) is 13.5 Å². The van der Waals surface area contributed by atoms with Crippen molar-refractivity contribution >= 4 is 23.3 Å². The lowest BCUT2D eigenvalue weighted by Gasteiger charge is -2.07. The van der Waals surface area contributed by atoms with Crippen molar-refractivity contribution in [2.24, 2.45) is 5.73 Å². The van der Waals surface area contributed by atoms with E-state index in [-0.39, 0.29) is 18.1 Å². The van der Waals surface area contributed by atoms with Gasteiger partial charge in [-0.15, -0.1) is 0 Å². The predicted octanol–water partition coefficient (Wildman–Crippen LogP) is 2.32. The molecule has 0 saturated heterocycles. The first-order valence-electron chi connectivity index (χ1n) is 7.05. The average molecular weight is 328 g/mol. The molecule has 8 nitrogen and oxygen atoms in total. The van der Waals surface area contributed by atoms with E-state index in [0.29, 0.717) is 16.8 Å². The number of anilines is 1. The van der Waals surface area contributed by atoms with Gasteiger partial charge in [0.05, 0.1) is 4.92 Å². The second-order valence-corrected chi connectivity index (χ2v) is 5.13. The number of urea groups is 1. The van der Waals surface area contributed by atoms with Crippen LogP contribution in [0, 0.1) is 17.0 Å². The number of amides is 3. The zero-order chi connectivity index (χ0) is 17.7. The lowest BCUT2D eigenvalue weighted by Crippen LogP contribution is -2.23. The summed E-state index contributed by atoms with van der Waals surface area (Å²) in [6, 6.07) is 10.4. The minimum absolute atomic E-state index is 0.0240. The molecule has 0 radical (unpaired) electrons. The Morgan fingerprint density at radius 2 is 1.83 bits per heavy atom. The van der Waals surface area contributed by atoms with Crippen LogP contribution in [0.5, 0.6) is 0 Å².